The van der Waals surface area contributed by atoms with Crippen LogP contribution in [0.4, 0.5) is 5.69 Å². The number of esters is 1. The molecule has 0 atom stereocenters. The van der Waals surface area contributed by atoms with Gasteiger partial charge in [-0.1, -0.05) is 6.92 Å². The van der Waals surface area contributed by atoms with Crippen molar-refractivity contribution in [2.24, 2.45) is 0 Å². The summed E-state index contributed by atoms with van der Waals surface area (Å²) in [6, 6.07) is 0. The Morgan fingerprint density at radius 2 is 1.95 bits per heavy atom. The third kappa shape index (κ3) is 2.58. The zero-order chi connectivity index (χ0) is 14.9. The van der Waals surface area contributed by atoms with Gasteiger partial charge in [0.25, 0.3) is 0 Å². The van der Waals surface area contributed by atoms with Crippen LogP contribution >= 0.6 is 22.7 Å². The number of carbonyl (C=O) groups excluding carboxylic acids is 1. The zero-order valence-corrected chi connectivity index (χ0v) is 13.7. The summed E-state index contributed by atoms with van der Waals surface area (Å²) in [6.07, 6.45) is 0.785. The molecule has 0 aromatic carbocycles. The van der Waals surface area contributed by atoms with Crippen molar-refractivity contribution in [1.82, 2.24) is 4.98 Å². The number of thiazole rings is 1. The number of aryl methyl sites for hydroxylation is 2. The summed E-state index contributed by atoms with van der Waals surface area (Å²) in [4.78, 5) is 19.1. The molecule has 2 aromatic heterocycles. The van der Waals surface area contributed by atoms with Crippen molar-refractivity contribution in [3.05, 3.63) is 21.1 Å². The third-order valence-electron chi connectivity index (χ3n) is 2.97. The molecule has 0 saturated heterocycles. The molecule has 0 aliphatic carbocycles. The van der Waals surface area contributed by atoms with Gasteiger partial charge in [-0.15, -0.1) is 22.7 Å². The van der Waals surface area contributed by atoms with Crippen LogP contribution in [-0.2, 0) is 11.2 Å². The second kappa shape index (κ2) is 5.93. The number of thiophene rings is 1. The van der Waals surface area contributed by atoms with E-state index < -0.39 is 0 Å². The van der Waals surface area contributed by atoms with Gasteiger partial charge in [0.15, 0.2) is 0 Å². The molecule has 20 heavy (non-hydrogen) atoms. The molecule has 0 unspecified atom stereocenters. The Balaban J connectivity index is 2.56. The molecule has 2 rings (SSSR count). The largest absolute Gasteiger partial charge is 0.462 e. The molecular weight excluding hydrogens is 292 g/mol. The summed E-state index contributed by atoms with van der Waals surface area (Å²) in [5.74, 6) is -0.338. The summed E-state index contributed by atoms with van der Waals surface area (Å²) in [5.41, 5.74) is 8.69. The van der Waals surface area contributed by atoms with Crippen molar-refractivity contribution >= 4 is 34.3 Å². The van der Waals surface area contributed by atoms with Gasteiger partial charge in [0.2, 0.25) is 0 Å². The van der Waals surface area contributed by atoms with E-state index in [4.69, 9.17) is 10.5 Å². The van der Waals surface area contributed by atoms with E-state index in [1.54, 1.807) is 18.3 Å². The summed E-state index contributed by atoms with van der Waals surface area (Å²) in [7, 11) is 0. The maximum atomic E-state index is 12.0. The van der Waals surface area contributed by atoms with E-state index >= 15 is 0 Å². The van der Waals surface area contributed by atoms with E-state index in [1.165, 1.54) is 11.3 Å². The molecule has 2 N–H and O–H groups in total. The highest BCUT2D eigenvalue weighted by Gasteiger charge is 2.23. The number of rotatable bonds is 4. The Hall–Kier alpha value is -1.40. The fourth-order valence-corrected chi connectivity index (χ4v) is 4.44. The lowest BCUT2D eigenvalue weighted by Gasteiger charge is -2.01. The van der Waals surface area contributed by atoms with E-state index in [2.05, 4.69) is 4.98 Å². The van der Waals surface area contributed by atoms with Crippen molar-refractivity contribution < 1.29 is 9.53 Å². The van der Waals surface area contributed by atoms with E-state index in [1.807, 2.05) is 20.8 Å². The Morgan fingerprint density at radius 1 is 1.25 bits per heavy atom. The molecule has 0 aliphatic heterocycles. The molecule has 108 valence electrons. The molecule has 0 radical (unpaired) electrons. The van der Waals surface area contributed by atoms with Crippen LogP contribution in [0.25, 0.3) is 9.75 Å². The number of anilines is 1. The van der Waals surface area contributed by atoms with Gasteiger partial charge in [-0.05, 0) is 32.8 Å². The SMILES string of the molecule is CCOC(=O)c1sc(-c2sc(C)nc2C)c(CC)c1N. The summed E-state index contributed by atoms with van der Waals surface area (Å²) >= 11 is 3.05. The maximum absolute atomic E-state index is 12.0. The van der Waals surface area contributed by atoms with E-state index in [0.29, 0.717) is 17.2 Å². The Bertz CT molecular complexity index is 644. The van der Waals surface area contributed by atoms with Crippen LogP contribution < -0.4 is 5.73 Å². The number of nitrogens with zero attached hydrogens (tertiary/aromatic N) is 1. The molecule has 0 amide bonds. The lowest BCUT2D eigenvalue weighted by molar-refractivity contribution is 0.0533. The first-order chi connectivity index (χ1) is 9.49. The normalized spacial score (nSPS) is 10.8. The number of hydrogen-bond donors (Lipinski definition) is 1. The molecule has 0 fully saturated rings. The number of nitrogen functional groups attached to an aromatic ring is 1. The van der Waals surface area contributed by atoms with Crippen molar-refractivity contribution in [3.8, 4) is 9.75 Å². The first kappa shape index (κ1) is 15.0. The van der Waals surface area contributed by atoms with Gasteiger partial charge < -0.3 is 10.5 Å². The number of carbonyl (C=O) groups is 1. The van der Waals surface area contributed by atoms with Crippen LogP contribution in [0.1, 0.15) is 39.8 Å². The van der Waals surface area contributed by atoms with Crippen LogP contribution in [0.5, 0.6) is 0 Å². The van der Waals surface area contributed by atoms with Crippen LogP contribution in [0.15, 0.2) is 0 Å². The van der Waals surface area contributed by atoms with Gasteiger partial charge in [-0.25, -0.2) is 9.78 Å². The van der Waals surface area contributed by atoms with Gasteiger partial charge in [0.1, 0.15) is 4.88 Å². The van der Waals surface area contributed by atoms with Crippen LogP contribution in [0.3, 0.4) is 0 Å². The number of ether oxygens (including phenoxy) is 1. The maximum Gasteiger partial charge on any atom is 0.350 e. The highest BCUT2D eigenvalue weighted by Crippen LogP contribution is 2.42. The van der Waals surface area contributed by atoms with E-state index in [9.17, 15) is 4.79 Å². The van der Waals surface area contributed by atoms with Crippen molar-refractivity contribution in [1.29, 1.82) is 0 Å². The lowest BCUT2D eigenvalue weighted by atomic mass is 10.1. The molecule has 2 aromatic rings. The van der Waals surface area contributed by atoms with E-state index in [-0.39, 0.29) is 5.97 Å². The lowest BCUT2D eigenvalue weighted by Crippen LogP contribution is -2.05. The van der Waals surface area contributed by atoms with Crippen LogP contribution in [0.2, 0.25) is 0 Å². The predicted octanol–water partition coefficient (Wildman–Crippen LogP) is 3.81. The summed E-state index contributed by atoms with van der Waals surface area (Å²) in [5, 5.41) is 1.02. The van der Waals surface area contributed by atoms with Crippen LogP contribution in [-0.4, -0.2) is 17.6 Å². The van der Waals surface area contributed by atoms with Gasteiger partial charge >= 0.3 is 5.97 Å². The Kier molecular flexibility index (Phi) is 4.45. The molecule has 0 spiro atoms. The molecular formula is C14H18N2O2S2. The summed E-state index contributed by atoms with van der Waals surface area (Å²) in [6.45, 7) is 8.15. The first-order valence-corrected chi connectivity index (χ1v) is 8.15. The number of nitrogens with two attached hydrogens (primary N) is 1. The standard InChI is InChI=1S/C14H18N2O2S2/c1-5-9-10(15)13(14(17)18-6-2)20-12(9)11-7(3)16-8(4)19-11/h5-6,15H2,1-4H3. The first-order valence-electron chi connectivity index (χ1n) is 6.52. The average Bonchev–Trinajstić information content (AvgIpc) is 2.89. The third-order valence-corrected chi connectivity index (χ3v) is 5.44. The van der Waals surface area contributed by atoms with Crippen molar-refractivity contribution in [2.75, 3.05) is 12.3 Å². The second-order valence-electron chi connectivity index (χ2n) is 4.37. The predicted molar refractivity (Wildman–Crippen MR) is 84.6 cm³/mol. The fraction of sp³-hybridized carbons (Fsp3) is 0.429. The van der Waals surface area contributed by atoms with Gasteiger partial charge in [0.05, 0.1) is 32.8 Å². The second-order valence-corrected chi connectivity index (χ2v) is 6.60. The smallest absolute Gasteiger partial charge is 0.350 e. The molecule has 0 bridgehead atoms. The van der Waals surface area contributed by atoms with Crippen molar-refractivity contribution in [3.63, 3.8) is 0 Å². The quantitative estimate of drug-likeness (QED) is 0.872. The van der Waals surface area contributed by atoms with E-state index in [0.717, 1.165) is 32.4 Å². The Labute approximate surface area is 126 Å². The van der Waals surface area contributed by atoms with Gasteiger partial charge in [-0.3, -0.25) is 0 Å². The van der Waals surface area contributed by atoms with Gasteiger partial charge in [-0.2, -0.15) is 0 Å². The Morgan fingerprint density at radius 3 is 2.45 bits per heavy atom. The molecule has 4 nitrogen and oxygen atoms in total. The minimum atomic E-state index is -0.338. The zero-order valence-electron chi connectivity index (χ0n) is 12.1. The molecule has 2 heterocycles. The molecule has 0 aliphatic rings. The number of aromatic nitrogens is 1. The minimum absolute atomic E-state index is 0.338. The van der Waals surface area contributed by atoms with Crippen molar-refractivity contribution in [2.45, 2.75) is 34.1 Å². The highest BCUT2D eigenvalue weighted by molar-refractivity contribution is 7.23. The topological polar surface area (TPSA) is 65.2 Å². The summed E-state index contributed by atoms with van der Waals surface area (Å²) < 4.78 is 5.07. The van der Waals surface area contributed by atoms with Gasteiger partial charge in [0, 0.05) is 0 Å². The average molecular weight is 310 g/mol. The minimum Gasteiger partial charge on any atom is -0.462 e. The van der Waals surface area contributed by atoms with Crippen LogP contribution in [0, 0.1) is 13.8 Å². The fourth-order valence-electron chi connectivity index (χ4n) is 2.10. The highest BCUT2D eigenvalue weighted by atomic mass is 32.1. The molecule has 6 heteroatoms. The number of hydrogen-bond acceptors (Lipinski definition) is 6. The monoisotopic (exact) mass is 310 g/mol. The molecule has 0 saturated carbocycles.